The number of hydrogen-bond acceptors (Lipinski definition) is 3. The highest BCUT2D eigenvalue weighted by atomic mass is 19.3. The number of hydrogen-bond donors (Lipinski definition) is 0. The van der Waals surface area contributed by atoms with Crippen molar-refractivity contribution in [3.05, 3.63) is 29.8 Å². The zero-order valence-corrected chi connectivity index (χ0v) is 14.7. The van der Waals surface area contributed by atoms with E-state index >= 15 is 0 Å². The van der Waals surface area contributed by atoms with Crippen LogP contribution in [0.5, 0.6) is 5.75 Å². The molecule has 2 aliphatic rings. The minimum atomic E-state index is -2.92. The molecular weight excluding hydrogens is 342 g/mol. The Morgan fingerprint density at radius 1 is 1.23 bits per heavy atom. The van der Waals surface area contributed by atoms with Crippen LogP contribution in [-0.2, 0) is 4.79 Å². The van der Waals surface area contributed by atoms with Crippen molar-refractivity contribution >= 4 is 11.8 Å². The summed E-state index contributed by atoms with van der Waals surface area (Å²) in [6.07, 6.45) is 5.16. The molecule has 5 nitrogen and oxygen atoms in total. The molecule has 0 spiro atoms. The van der Waals surface area contributed by atoms with Gasteiger partial charge in [0.1, 0.15) is 5.75 Å². The van der Waals surface area contributed by atoms with Crippen LogP contribution in [0.4, 0.5) is 8.78 Å². The molecule has 2 amide bonds. The molecule has 0 unspecified atom stereocenters. The normalized spacial score (nSPS) is 20.7. The van der Waals surface area contributed by atoms with E-state index in [1.807, 2.05) is 9.80 Å². The molecule has 142 valence electrons. The van der Waals surface area contributed by atoms with Gasteiger partial charge >= 0.3 is 6.61 Å². The zero-order valence-electron chi connectivity index (χ0n) is 14.7. The molecule has 0 saturated carbocycles. The van der Waals surface area contributed by atoms with E-state index in [9.17, 15) is 18.4 Å². The number of carbonyl (C=O) groups is 2. The number of ether oxygens (including phenoxy) is 1. The summed E-state index contributed by atoms with van der Waals surface area (Å²) in [5.41, 5.74) is 0.354. The van der Waals surface area contributed by atoms with Crippen LogP contribution in [0.1, 0.15) is 48.9 Å². The Labute approximate surface area is 151 Å². The maximum atomic E-state index is 12.9. The SMILES string of the molecule is O=C1CCCN1CC[C@H]1CCCCN1C(=O)c1cccc(OC(F)F)c1. The molecule has 0 aliphatic carbocycles. The number of carbonyl (C=O) groups excluding carboxylic acids is 2. The van der Waals surface area contributed by atoms with E-state index in [2.05, 4.69) is 4.74 Å². The molecule has 1 aromatic rings. The predicted octanol–water partition coefficient (Wildman–Crippen LogP) is 3.30. The van der Waals surface area contributed by atoms with Gasteiger partial charge in [0.2, 0.25) is 5.91 Å². The first-order valence-corrected chi connectivity index (χ1v) is 9.18. The third-order valence-electron chi connectivity index (χ3n) is 5.10. The molecule has 0 radical (unpaired) electrons. The Bertz CT molecular complexity index is 653. The lowest BCUT2D eigenvalue weighted by molar-refractivity contribution is -0.127. The molecule has 2 fully saturated rings. The summed E-state index contributed by atoms with van der Waals surface area (Å²) in [7, 11) is 0. The third-order valence-corrected chi connectivity index (χ3v) is 5.10. The zero-order chi connectivity index (χ0) is 18.5. The second-order valence-electron chi connectivity index (χ2n) is 6.83. The van der Waals surface area contributed by atoms with Gasteiger partial charge in [0.05, 0.1) is 0 Å². The van der Waals surface area contributed by atoms with Crippen molar-refractivity contribution in [3.8, 4) is 5.75 Å². The number of amides is 2. The van der Waals surface area contributed by atoms with Crippen LogP contribution in [0.25, 0.3) is 0 Å². The fourth-order valence-corrected chi connectivity index (χ4v) is 3.78. The molecule has 2 saturated heterocycles. The molecule has 2 heterocycles. The van der Waals surface area contributed by atoms with Crippen molar-refractivity contribution in [2.24, 2.45) is 0 Å². The molecule has 0 aromatic heterocycles. The summed E-state index contributed by atoms with van der Waals surface area (Å²) in [4.78, 5) is 28.4. The van der Waals surface area contributed by atoms with Crippen LogP contribution >= 0.6 is 0 Å². The molecule has 0 N–H and O–H groups in total. The number of alkyl halides is 2. The summed E-state index contributed by atoms with van der Waals surface area (Å²) in [5.74, 6) is 0.0137. The Morgan fingerprint density at radius 2 is 2.08 bits per heavy atom. The smallest absolute Gasteiger partial charge is 0.387 e. The Kier molecular flexibility index (Phi) is 6.06. The number of piperidine rings is 1. The average Bonchev–Trinajstić information content (AvgIpc) is 3.04. The highest BCUT2D eigenvalue weighted by Gasteiger charge is 2.29. The van der Waals surface area contributed by atoms with Crippen LogP contribution in [0, 0.1) is 0 Å². The molecule has 3 rings (SSSR count). The number of rotatable bonds is 6. The van der Waals surface area contributed by atoms with Gasteiger partial charge in [-0.25, -0.2) is 0 Å². The first-order valence-electron chi connectivity index (χ1n) is 9.18. The maximum absolute atomic E-state index is 12.9. The number of nitrogens with zero attached hydrogens (tertiary/aromatic N) is 2. The standard InChI is InChI=1S/C19H24F2N2O3/c20-19(21)26-16-7-3-5-14(13-16)18(25)23-11-2-1-6-15(23)9-12-22-10-4-8-17(22)24/h3,5,7,13,15,19H,1-2,4,6,8-12H2/t15-/m1/s1. The molecule has 1 atom stereocenters. The van der Waals surface area contributed by atoms with Gasteiger partial charge in [-0.3, -0.25) is 9.59 Å². The number of halogens is 2. The highest BCUT2D eigenvalue weighted by Crippen LogP contribution is 2.25. The predicted molar refractivity (Wildman–Crippen MR) is 92.2 cm³/mol. The van der Waals surface area contributed by atoms with Crippen molar-refractivity contribution in [1.82, 2.24) is 9.80 Å². The average molecular weight is 366 g/mol. The fourth-order valence-electron chi connectivity index (χ4n) is 3.78. The highest BCUT2D eigenvalue weighted by molar-refractivity contribution is 5.94. The van der Waals surface area contributed by atoms with Gasteiger partial charge in [-0.15, -0.1) is 0 Å². The maximum Gasteiger partial charge on any atom is 0.387 e. The van der Waals surface area contributed by atoms with E-state index in [4.69, 9.17) is 0 Å². The van der Waals surface area contributed by atoms with E-state index < -0.39 is 6.61 Å². The lowest BCUT2D eigenvalue weighted by Crippen LogP contribution is -2.45. The molecule has 26 heavy (non-hydrogen) atoms. The van der Waals surface area contributed by atoms with Gasteiger partial charge < -0.3 is 14.5 Å². The van der Waals surface area contributed by atoms with E-state index in [0.29, 0.717) is 25.1 Å². The van der Waals surface area contributed by atoms with E-state index in [1.165, 1.54) is 12.1 Å². The van der Waals surface area contributed by atoms with Crippen LogP contribution in [0.15, 0.2) is 24.3 Å². The van der Waals surface area contributed by atoms with Gasteiger partial charge in [-0.1, -0.05) is 6.07 Å². The monoisotopic (exact) mass is 366 g/mol. The van der Waals surface area contributed by atoms with E-state index in [1.54, 1.807) is 12.1 Å². The summed E-state index contributed by atoms with van der Waals surface area (Å²) < 4.78 is 29.2. The van der Waals surface area contributed by atoms with Crippen molar-refractivity contribution in [2.75, 3.05) is 19.6 Å². The van der Waals surface area contributed by atoms with Crippen molar-refractivity contribution in [2.45, 2.75) is 51.2 Å². The van der Waals surface area contributed by atoms with Gasteiger partial charge in [-0.05, 0) is 50.3 Å². The molecular formula is C19H24F2N2O3. The first-order chi connectivity index (χ1) is 12.5. The lowest BCUT2D eigenvalue weighted by atomic mass is 9.98. The first kappa shape index (κ1) is 18.6. The van der Waals surface area contributed by atoms with Crippen LogP contribution in [-0.4, -0.2) is 53.9 Å². The van der Waals surface area contributed by atoms with Crippen molar-refractivity contribution in [3.63, 3.8) is 0 Å². The summed E-state index contributed by atoms with van der Waals surface area (Å²) in [6.45, 7) is -0.799. The molecule has 2 aliphatic heterocycles. The second kappa shape index (κ2) is 8.47. The summed E-state index contributed by atoms with van der Waals surface area (Å²) in [6, 6.07) is 6.02. The molecule has 7 heteroatoms. The Hall–Kier alpha value is -2.18. The topological polar surface area (TPSA) is 49.9 Å². The van der Waals surface area contributed by atoms with E-state index in [0.717, 1.165) is 38.6 Å². The van der Waals surface area contributed by atoms with E-state index in [-0.39, 0.29) is 23.6 Å². The Morgan fingerprint density at radius 3 is 2.81 bits per heavy atom. The van der Waals surface area contributed by atoms with Crippen LogP contribution in [0.3, 0.4) is 0 Å². The lowest BCUT2D eigenvalue weighted by Gasteiger charge is -2.36. The van der Waals surface area contributed by atoms with Crippen molar-refractivity contribution < 1.29 is 23.1 Å². The summed E-state index contributed by atoms with van der Waals surface area (Å²) >= 11 is 0. The largest absolute Gasteiger partial charge is 0.435 e. The summed E-state index contributed by atoms with van der Waals surface area (Å²) in [5, 5.41) is 0. The fraction of sp³-hybridized carbons (Fsp3) is 0.579. The molecule has 0 bridgehead atoms. The van der Waals surface area contributed by atoms with Gasteiger partial charge in [0, 0.05) is 37.7 Å². The van der Waals surface area contributed by atoms with Crippen LogP contribution in [0.2, 0.25) is 0 Å². The second-order valence-corrected chi connectivity index (χ2v) is 6.83. The van der Waals surface area contributed by atoms with Gasteiger partial charge in [0.25, 0.3) is 5.91 Å². The quantitative estimate of drug-likeness (QED) is 0.776. The minimum Gasteiger partial charge on any atom is -0.435 e. The van der Waals surface area contributed by atoms with Gasteiger partial charge in [0.15, 0.2) is 0 Å². The molecule has 1 aromatic carbocycles. The minimum absolute atomic E-state index is 0.0120. The van der Waals surface area contributed by atoms with Gasteiger partial charge in [-0.2, -0.15) is 8.78 Å². The Balaban J connectivity index is 1.66. The number of benzene rings is 1. The number of likely N-dealkylation sites (tertiary alicyclic amines) is 2. The van der Waals surface area contributed by atoms with Crippen LogP contribution < -0.4 is 4.74 Å². The third kappa shape index (κ3) is 4.51. The van der Waals surface area contributed by atoms with Crippen molar-refractivity contribution in [1.29, 1.82) is 0 Å².